The molecule has 4 aliphatic rings. The van der Waals surface area contributed by atoms with Crippen molar-refractivity contribution in [2.24, 2.45) is 11.3 Å². The Hall–Kier alpha value is -2.04. The van der Waals surface area contributed by atoms with Crippen LogP contribution in [0.2, 0.25) is 0 Å². The van der Waals surface area contributed by atoms with Gasteiger partial charge in [0.15, 0.2) is 0 Å². The van der Waals surface area contributed by atoms with Gasteiger partial charge in [0.1, 0.15) is 6.67 Å². The molecule has 36 heavy (non-hydrogen) atoms. The third-order valence-electron chi connectivity index (χ3n) is 10.4. The minimum Gasteiger partial charge on any atom is -0.367 e. The van der Waals surface area contributed by atoms with Gasteiger partial charge in [-0.25, -0.2) is 4.39 Å². The van der Waals surface area contributed by atoms with E-state index in [-0.39, 0.29) is 17.7 Å². The Morgan fingerprint density at radius 1 is 1.14 bits per heavy atom. The van der Waals surface area contributed by atoms with Crippen LogP contribution in [-0.2, 0) is 4.74 Å². The van der Waals surface area contributed by atoms with Crippen LogP contribution >= 0.6 is 0 Å². The Kier molecular flexibility index (Phi) is 6.32. The third-order valence-corrected chi connectivity index (χ3v) is 10.4. The molecule has 6 atom stereocenters. The highest BCUT2D eigenvalue weighted by molar-refractivity contribution is 5.82. The molecule has 4 heteroatoms. The second-order valence-electron chi connectivity index (χ2n) is 12.3. The van der Waals surface area contributed by atoms with Gasteiger partial charge in [-0.2, -0.15) is 0 Å². The first-order valence-corrected chi connectivity index (χ1v) is 14.1. The molecule has 3 heterocycles. The summed E-state index contributed by atoms with van der Waals surface area (Å²) in [6.07, 6.45) is 18.1. The van der Waals surface area contributed by atoms with E-state index in [9.17, 15) is 4.39 Å². The minimum atomic E-state index is -0.277. The van der Waals surface area contributed by atoms with Crippen LogP contribution in [0.4, 0.5) is 4.39 Å². The molecule has 0 N–H and O–H groups in total. The summed E-state index contributed by atoms with van der Waals surface area (Å²) in [7, 11) is 2.09. The maximum absolute atomic E-state index is 13.1. The lowest BCUT2D eigenvalue weighted by molar-refractivity contribution is -0.0841. The van der Waals surface area contributed by atoms with Crippen molar-refractivity contribution < 1.29 is 9.13 Å². The average Bonchev–Trinajstić information content (AvgIpc) is 3.45. The van der Waals surface area contributed by atoms with Crippen molar-refractivity contribution in [3.05, 3.63) is 65.5 Å². The fourth-order valence-corrected chi connectivity index (χ4v) is 8.26. The van der Waals surface area contributed by atoms with Gasteiger partial charge in [-0.3, -0.25) is 4.98 Å². The number of nitrogens with zero attached hydrogens (tertiary/aromatic N) is 2. The lowest BCUT2D eigenvalue weighted by atomic mass is 9.66. The highest BCUT2D eigenvalue weighted by Gasteiger charge is 2.55. The maximum atomic E-state index is 13.1. The van der Waals surface area contributed by atoms with Crippen LogP contribution in [0.15, 0.2) is 60.0 Å². The van der Waals surface area contributed by atoms with Crippen molar-refractivity contribution in [1.29, 1.82) is 0 Å². The molecule has 3 nitrogen and oxygen atoms in total. The zero-order chi connectivity index (χ0) is 24.9. The Labute approximate surface area is 215 Å². The first-order valence-electron chi connectivity index (χ1n) is 14.1. The Morgan fingerprint density at radius 2 is 2.03 bits per heavy atom. The molecule has 6 rings (SSSR count). The van der Waals surface area contributed by atoms with Gasteiger partial charge in [0.2, 0.25) is 0 Å². The van der Waals surface area contributed by atoms with Crippen molar-refractivity contribution >= 4 is 10.8 Å². The standard InChI is InChI=1S/C32H41FN2O/c1-22-10-13-31(2)28(24-5-4-23-12-16-34-21-25(23)19-24)8-9-29(31)30-11-14-32(36-30)20-27(35(3)17-15-33)7-6-26(32)18-22/h4-5,10,12,16,18-19,21,27-30H,6-9,11,13-15,17,20H2,1-3H3/b22-10-,26-18-/t27?,28?,29-,30-,31?,32+/m0/s1. The molecular weight excluding hydrogens is 447 g/mol. The van der Waals surface area contributed by atoms with Crippen LogP contribution in [0.3, 0.4) is 0 Å². The van der Waals surface area contributed by atoms with Gasteiger partial charge >= 0.3 is 0 Å². The van der Waals surface area contributed by atoms with E-state index in [1.54, 1.807) is 0 Å². The zero-order valence-electron chi connectivity index (χ0n) is 22.2. The van der Waals surface area contributed by atoms with Gasteiger partial charge in [-0.15, -0.1) is 0 Å². The molecule has 0 radical (unpaired) electrons. The van der Waals surface area contributed by atoms with Gasteiger partial charge in [0.05, 0.1) is 11.7 Å². The molecule has 1 aromatic heterocycles. The normalized spacial score (nSPS) is 39.2. The second kappa shape index (κ2) is 9.36. The Morgan fingerprint density at radius 3 is 2.89 bits per heavy atom. The van der Waals surface area contributed by atoms with Crippen molar-refractivity contribution in [2.45, 2.75) is 88.9 Å². The number of halogens is 1. The quantitative estimate of drug-likeness (QED) is 0.449. The first-order chi connectivity index (χ1) is 17.4. The largest absolute Gasteiger partial charge is 0.367 e. The summed E-state index contributed by atoms with van der Waals surface area (Å²) in [5.41, 5.74) is 4.32. The first kappa shape index (κ1) is 24.3. The molecule has 2 aliphatic carbocycles. The molecule has 3 fully saturated rings. The van der Waals surface area contributed by atoms with E-state index in [0.717, 1.165) is 38.5 Å². The highest BCUT2D eigenvalue weighted by Crippen LogP contribution is 2.60. The summed E-state index contributed by atoms with van der Waals surface area (Å²) < 4.78 is 20.4. The molecular formula is C32H41FN2O. The Balaban J connectivity index is 1.35. The molecule has 192 valence electrons. The van der Waals surface area contributed by atoms with Gasteiger partial charge in [0, 0.05) is 30.4 Å². The minimum absolute atomic E-state index is 0.164. The number of rotatable bonds is 4. The number of ether oxygens (including phenoxy) is 1. The van der Waals surface area contributed by atoms with Gasteiger partial charge < -0.3 is 9.64 Å². The number of hydrogen-bond donors (Lipinski definition) is 0. The fraction of sp³-hybridized carbons (Fsp3) is 0.594. The predicted octanol–water partition coefficient (Wildman–Crippen LogP) is 7.38. The van der Waals surface area contributed by atoms with Crippen molar-refractivity contribution in [1.82, 2.24) is 9.88 Å². The number of alkyl halides is 1. The summed E-state index contributed by atoms with van der Waals surface area (Å²) >= 11 is 0. The second-order valence-corrected chi connectivity index (χ2v) is 12.3. The molecule has 2 aliphatic heterocycles. The SMILES string of the molecule is CC1=C/CC2(C)C(c3ccc4ccncc4c3)CC[C@H]2[C@@H]2CC[C@]3(CC(N(C)CCF)CC\C3=C\1)O2. The number of fused-ring (bicyclic) bond motifs is 4. The van der Waals surface area contributed by atoms with Gasteiger partial charge in [0.25, 0.3) is 0 Å². The molecule has 0 amide bonds. The summed E-state index contributed by atoms with van der Waals surface area (Å²) in [6.45, 7) is 5.05. The molecule has 2 aromatic rings. The van der Waals surface area contributed by atoms with E-state index >= 15 is 0 Å². The number of pyridine rings is 1. The molecule has 3 unspecified atom stereocenters. The molecule has 1 aromatic carbocycles. The number of hydrogen-bond acceptors (Lipinski definition) is 3. The number of benzene rings is 1. The fourth-order valence-electron chi connectivity index (χ4n) is 8.26. The lowest BCUT2D eigenvalue weighted by Crippen LogP contribution is -2.47. The predicted molar refractivity (Wildman–Crippen MR) is 145 cm³/mol. The number of aromatic nitrogens is 1. The van der Waals surface area contributed by atoms with Gasteiger partial charge in [-0.1, -0.05) is 36.8 Å². The molecule has 1 saturated heterocycles. The third kappa shape index (κ3) is 4.05. The average molecular weight is 489 g/mol. The molecule has 2 bridgehead atoms. The van der Waals surface area contributed by atoms with Crippen LogP contribution in [0.5, 0.6) is 0 Å². The van der Waals surface area contributed by atoms with E-state index in [1.165, 1.54) is 40.3 Å². The van der Waals surface area contributed by atoms with Crippen LogP contribution in [0.1, 0.15) is 76.7 Å². The van der Waals surface area contributed by atoms with E-state index in [1.807, 2.05) is 12.4 Å². The summed E-state index contributed by atoms with van der Waals surface area (Å²) in [6, 6.07) is 9.52. The van der Waals surface area contributed by atoms with E-state index < -0.39 is 0 Å². The highest BCUT2D eigenvalue weighted by atomic mass is 19.1. The topological polar surface area (TPSA) is 25.4 Å². The Bertz CT molecular complexity index is 1190. The smallest absolute Gasteiger partial charge is 0.102 e. The maximum Gasteiger partial charge on any atom is 0.102 e. The summed E-state index contributed by atoms with van der Waals surface area (Å²) in [4.78, 5) is 6.61. The zero-order valence-corrected chi connectivity index (χ0v) is 22.2. The monoisotopic (exact) mass is 488 g/mol. The van der Waals surface area contributed by atoms with Crippen LogP contribution in [0, 0.1) is 11.3 Å². The van der Waals surface area contributed by atoms with E-state index in [2.05, 4.69) is 67.2 Å². The van der Waals surface area contributed by atoms with E-state index in [4.69, 9.17) is 4.74 Å². The molecule has 1 spiro atoms. The summed E-state index contributed by atoms with van der Waals surface area (Å²) in [5, 5.41) is 2.50. The van der Waals surface area contributed by atoms with E-state index in [0.29, 0.717) is 30.5 Å². The lowest BCUT2D eigenvalue weighted by Gasteiger charge is -2.45. The summed E-state index contributed by atoms with van der Waals surface area (Å²) in [5.74, 6) is 1.08. The van der Waals surface area contributed by atoms with Crippen molar-refractivity contribution in [3.8, 4) is 0 Å². The van der Waals surface area contributed by atoms with Crippen LogP contribution in [-0.4, -0.2) is 47.9 Å². The molecule has 2 saturated carbocycles. The van der Waals surface area contributed by atoms with Gasteiger partial charge in [-0.05, 0) is 111 Å². The van der Waals surface area contributed by atoms with Crippen LogP contribution in [0.25, 0.3) is 10.8 Å². The van der Waals surface area contributed by atoms with Crippen molar-refractivity contribution in [2.75, 3.05) is 20.3 Å². The van der Waals surface area contributed by atoms with Crippen molar-refractivity contribution in [3.63, 3.8) is 0 Å². The number of allylic oxidation sites excluding steroid dienone is 3. The van der Waals surface area contributed by atoms with Crippen LogP contribution < -0.4 is 0 Å².